The predicted octanol–water partition coefficient (Wildman–Crippen LogP) is 2.36. The molecule has 0 saturated heterocycles. The van der Waals surface area contributed by atoms with Crippen LogP contribution in [-0.4, -0.2) is 33.4 Å². The van der Waals surface area contributed by atoms with E-state index >= 15 is 0 Å². The van der Waals surface area contributed by atoms with Gasteiger partial charge < -0.3 is 15.4 Å². The molecular formula is C16H26N2O. The highest BCUT2D eigenvalue weighted by atomic mass is 16.5. The van der Waals surface area contributed by atoms with Crippen molar-refractivity contribution in [3.8, 4) is 0 Å². The Morgan fingerprint density at radius 3 is 2.79 bits per heavy atom. The summed E-state index contributed by atoms with van der Waals surface area (Å²) in [7, 11) is 2.12. The molecule has 0 bridgehead atoms. The zero-order chi connectivity index (χ0) is 13.7. The normalized spacial score (nSPS) is 14.7. The fourth-order valence-electron chi connectivity index (χ4n) is 2.22. The molecule has 1 aromatic rings. The molecule has 0 aromatic heterocycles. The number of aryl methyl sites for hydroxylation is 1. The van der Waals surface area contributed by atoms with Crippen molar-refractivity contribution in [2.45, 2.75) is 26.2 Å². The molecule has 0 unspecified atom stereocenters. The topological polar surface area (TPSA) is 38.5 Å². The van der Waals surface area contributed by atoms with Crippen LogP contribution in [0.15, 0.2) is 18.2 Å². The molecule has 106 valence electrons. The van der Waals surface area contributed by atoms with Crippen LogP contribution in [-0.2, 0) is 11.2 Å². The number of nitrogens with two attached hydrogens (primary N) is 1. The molecule has 0 radical (unpaired) electrons. The molecule has 2 rings (SSSR count). The van der Waals surface area contributed by atoms with Crippen LogP contribution in [0.2, 0.25) is 0 Å². The SMILES string of the molecule is Cc1cc(N(C)CCOCC2CC2)ccc1CCN. The van der Waals surface area contributed by atoms with E-state index in [1.54, 1.807) is 0 Å². The van der Waals surface area contributed by atoms with Gasteiger partial charge in [-0.1, -0.05) is 6.07 Å². The molecular weight excluding hydrogens is 236 g/mol. The van der Waals surface area contributed by atoms with Crippen LogP contribution < -0.4 is 10.6 Å². The van der Waals surface area contributed by atoms with Crippen LogP contribution in [0.3, 0.4) is 0 Å². The molecule has 0 atom stereocenters. The highest BCUT2D eigenvalue weighted by Gasteiger charge is 2.20. The quantitative estimate of drug-likeness (QED) is 0.731. The smallest absolute Gasteiger partial charge is 0.0641 e. The molecule has 1 aliphatic rings. The van der Waals surface area contributed by atoms with Crippen molar-refractivity contribution in [2.75, 3.05) is 38.3 Å². The lowest BCUT2D eigenvalue weighted by molar-refractivity contribution is 0.131. The van der Waals surface area contributed by atoms with Crippen molar-refractivity contribution >= 4 is 5.69 Å². The second-order valence-electron chi connectivity index (χ2n) is 5.59. The Bertz CT molecular complexity index is 402. The molecule has 0 heterocycles. The van der Waals surface area contributed by atoms with Crippen molar-refractivity contribution < 1.29 is 4.74 Å². The van der Waals surface area contributed by atoms with E-state index in [2.05, 4.69) is 37.1 Å². The molecule has 1 saturated carbocycles. The van der Waals surface area contributed by atoms with Crippen LogP contribution >= 0.6 is 0 Å². The van der Waals surface area contributed by atoms with E-state index < -0.39 is 0 Å². The minimum atomic E-state index is 0.713. The summed E-state index contributed by atoms with van der Waals surface area (Å²) in [5, 5.41) is 0. The van der Waals surface area contributed by atoms with Gasteiger partial charge in [-0.3, -0.25) is 0 Å². The van der Waals surface area contributed by atoms with E-state index in [0.717, 1.165) is 32.1 Å². The maximum atomic E-state index is 5.68. The van der Waals surface area contributed by atoms with Crippen LogP contribution in [0.5, 0.6) is 0 Å². The van der Waals surface area contributed by atoms with E-state index in [-0.39, 0.29) is 0 Å². The van der Waals surface area contributed by atoms with Crippen LogP contribution in [0.4, 0.5) is 5.69 Å². The zero-order valence-corrected chi connectivity index (χ0v) is 12.2. The molecule has 1 aliphatic carbocycles. The summed E-state index contributed by atoms with van der Waals surface area (Å²) in [6.45, 7) is 5.58. The maximum Gasteiger partial charge on any atom is 0.0641 e. The Hall–Kier alpha value is -1.06. The predicted molar refractivity (Wildman–Crippen MR) is 80.8 cm³/mol. The first-order valence-electron chi connectivity index (χ1n) is 7.29. The number of rotatable bonds is 8. The Labute approximate surface area is 116 Å². The number of hydrogen-bond acceptors (Lipinski definition) is 3. The molecule has 3 nitrogen and oxygen atoms in total. The molecule has 0 aliphatic heterocycles. The second-order valence-corrected chi connectivity index (χ2v) is 5.59. The van der Waals surface area contributed by atoms with Crippen molar-refractivity contribution in [2.24, 2.45) is 11.7 Å². The largest absolute Gasteiger partial charge is 0.379 e. The molecule has 2 N–H and O–H groups in total. The van der Waals surface area contributed by atoms with Gasteiger partial charge in [-0.2, -0.15) is 0 Å². The lowest BCUT2D eigenvalue weighted by Crippen LogP contribution is -2.23. The number of ether oxygens (including phenoxy) is 1. The molecule has 0 spiro atoms. The number of hydrogen-bond donors (Lipinski definition) is 1. The van der Waals surface area contributed by atoms with Crippen LogP contribution in [0.25, 0.3) is 0 Å². The number of nitrogens with zero attached hydrogens (tertiary/aromatic N) is 1. The summed E-state index contributed by atoms with van der Waals surface area (Å²) in [6, 6.07) is 6.61. The van der Waals surface area contributed by atoms with E-state index in [0.29, 0.717) is 6.54 Å². The Kier molecular flexibility index (Phi) is 5.23. The first-order valence-corrected chi connectivity index (χ1v) is 7.29. The number of likely N-dealkylation sites (N-methyl/N-ethyl adjacent to an activating group) is 1. The summed E-state index contributed by atoms with van der Waals surface area (Å²) in [6.07, 6.45) is 3.68. The maximum absolute atomic E-state index is 5.68. The van der Waals surface area contributed by atoms with Crippen LogP contribution in [0, 0.1) is 12.8 Å². The van der Waals surface area contributed by atoms with Gasteiger partial charge in [0.15, 0.2) is 0 Å². The fraction of sp³-hybridized carbons (Fsp3) is 0.625. The van der Waals surface area contributed by atoms with Gasteiger partial charge in [-0.05, 0) is 61.9 Å². The molecule has 19 heavy (non-hydrogen) atoms. The lowest BCUT2D eigenvalue weighted by atomic mass is 10.0. The van der Waals surface area contributed by atoms with Gasteiger partial charge >= 0.3 is 0 Å². The lowest BCUT2D eigenvalue weighted by Gasteiger charge is -2.20. The Balaban J connectivity index is 1.80. The minimum Gasteiger partial charge on any atom is -0.379 e. The van der Waals surface area contributed by atoms with E-state index in [1.807, 2.05) is 0 Å². The van der Waals surface area contributed by atoms with Gasteiger partial charge in [0, 0.05) is 25.9 Å². The van der Waals surface area contributed by atoms with E-state index in [9.17, 15) is 0 Å². The summed E-state index contributed by atoms with van der Waals surface area (Å²) in [5.74, 6) is 0.850. The Morgan fingerprint density at radius 2 is 2.16 bits per heavy atom. The van der Waals surface area contributed by atoms with E-state index in [1.165, 1.54) is 29.7 Å². The summed E-state index contributed by atoms with van der Waals surface area (Å²) in [4.78, 5) is 2.26. The molecule has 1 aromatic carbocycles. The summed E-state index contributed by atoms with van der Waals surface area (Å²) >= 11 is 0. The Morgan fingerprint density at radius 1 is 1.37 bits per heavy atom. The van der Waals surface area contributed by atoms with Crippen molar-refractivity contribution in [3.05, 3.63) is 29.3 Å². The number of benzene rings is 1. The van der Waals surface area contributed by atoms with Gasteiger partial charge in [0.2, 0.25) is 0 Å². The van der Waals surface area contributed by atoms with Crippen molar-refractivity contribution in [1.82, 2.24) is 0 Å². The third kappa shape index (κ3) is 4.51. The third-order valence-corrected chi connectivity index (χ3v) is 3.80. The third-order valence-electron chi connectivity index (χ3n) is 3.80. The number of anilines is 1. The first-order chi connectivity index (χ1) is 9.20. The monoisotopic (exact) mass is 262 g/mol. The van der Waals surface area contributed by atoms with Gasteiger partial charge in [-0.25, -0.2) is 0 Å². The van der Waals surface area contributed by atoms with E-state index in [4.69, 9.17) is 10.5 Å². The highest BCUT2D eigenvalue weighted by molar-refractivity contribution is 5.50. The molecule has 0 amide bonds. The van der Waals surface area contributed by atoms with Gasteiger partial charge in [0.05, 0.1) is 6.61 Å². The molecule has 3 heteroatoms. The van der Waals surface area contributed by atoms with Gasteiger partial charge in [0.25, 0.3) is 0 Å². The second kappa shape index (κ2) is 6.92. The van der Waals surface area contributed by atoms with Gasteiger partial charge in [0.1, 0.15) is 0 Å². The average molecular weight is 262 g/mol. The van der Waals surface area contributed by atoms with Gasteiger partial charge in [-0.15, -0.1) is 0 Å². The summed E-state index contributed by atoms with van der Waals surface area (Å²) < 4.78 is 5.68. The summed E-state index contributed by atoms with van der Waals surface area (Å²) in [5.41, 5.74) is 9.55. The van der Waals surface area contributed by atoms with Crippen molar-refractivity contribution in [1.29, 1.82) is 0 Å². The zero-order valence-electron chi connectivity index (χ0n) is 12.2. The first kappa shape index (κ1) is 14.4. The standard InChI is InChI=1S/C16H26N2O/c1-13-11-16(6-5-15(13)7-8-17)18(2)9-10-19-12-14-3-4-14/h5-6,11,14H,3-4,7-10,12,17H2,1-2H3. The molecule has 1 fully saturated rings. The highest BCUT2D eigenvalue weighted by Crippen LogP contribution is 2.28. The average Bonchev–Trinajstić information content (AvgIpc) is 3.21. The fourth-order valence-corrected chi connectivity index (χ4v) is 2.22. The van der Waals surface area contributed by atoms with Crippen molar-refractivity contribution in [3.63, 3.8) is 0 Å². The van der Waals surface area contributed by atoms with Crippen LogP contribution in [0.1, 0.15) is 24.0 Å². The minimum absolute atomic E-state index is 0.713.